The van der Waals surface area contributed by atoms with Crippen LogP contribution >= 0.6 is 0 Å². The summed E-state index contributed by atoms with van der Waals surface area (Å²) in [7, 11) is 0. The molecule has 0 amide bonds. The Morgan fingerprint density at radius 1 is 1.44 bits per heavy atom. The van der Waals surface area contributed by atoms with Gasteiger partial charge in [-0.05, 0) is 12.3 Å². The van der Waals surface area contributed by atoms with E-state index in [0.29, 0.717) is 18.6 Å². The lowest BCUT2D eigenvalue weighted by Crippen LogP contribution is -2.12. The fraction of sp³-hybridized carbons (Fsp3) is 0.500. The van der Waals surface area contributed by atoms with Crippen molar-refractivity contribution in [2.75, 3.05) is 12.0 Å². The summed E-state index contributed by atoms with van der Waals surface area (Å²) in [6.45, 7) is 0.393. The highest BCUT2D eigenvalue weighted by Gasteiger charge is 2.21. The summed E-state index contributed by atoms with van der Waals surface area (Å²) in [5.41, 5.74) is 2.04. The molecule has 88 valence electrons. The molecule has 0 unspecified atom stereocenters. The zero-order valence-electron chi connectivity index (χ0n) is 8.67. The van der Waals surface area contributed by atoms with Crippen molar-refractivity contribution >= 4 is 5.82 Å². The lowest BCUT2D eigenvalue weighted by molar-refractivity contribution is 0.275. The smallest absolute Gasteiger partial charge is 0.252 e. The second-order valence-corrected chi connectivity index (χ2v) is 3.83. The molecule has 3 N–H and O–H groups in total. The maximum atomic E-state index is 13.2. The molecule has 0 spiro atoms. The summed E-state index contributed by atoms with van der Waals surface area (Å²) in [5, 5.41) is 0. The first-order valence-corrected chi connectivity index (χ1v) is 5.16. The Morgan fingerprint density at radius 2 is 2.19 bits per heavy atom. The number of pyridine rings is 1. The molecule has 1 fully saturated rings. The van der Waals surface area contributed by atoms with Crippen LogP contribution < -0.4 is 16.0 Å². The van der Waals surface area contributed by atoms with E-state index in [0.717, 1.165) is 6.42 Å². The van der Waals surface area contributed by atoms with Crippen molar-refractivity contribution in [3.8, 4) is 5.88 Å². The normalized spacial score (nSPS) is 14.9. The minimum Gasteiger partial charge on any atom is -0.476 e. The van der Waals surface area contributed by atoms with Crippen molar-refractivity contribution in [3.63, 3.8) is 0 Å². The van der Waals surface area contributed by atoms with Crippen molar-refractivity contribution in [1.82, 2.24) is 4.98 Å². The maximum Gasteiger partial charge on any atom is 0.252 e. The van der Waals surface area contributed by atoms with Crippen LogP contribution in [0.1, 0.15) is 19.3 Å². The topological polar surface area (TPSA) is 60.2 Å². The van der Waals surface area contributed by atoms with Gasteiger partial charge in [0.05, 0.1) is 6.61 Å². The zero-order valence-corrected chi connectivity index (χ0v) is 8.67. The quantitative estimate of drug-likeness (QED) is 0.597. The number of hydrogen-bond acceptors (Lipinski definition) is 4. The first kappa shape index (κ1) is 11.1. The van der Waals surface area contributed by atoms with E-state index in [2.05, 4.69) is 4.98 Å². The molecule has 0 aromatic carbocycles. The number of halogens is 2. The number of nitrogens with two attached hydrogens (primary N) is 1. The van der Waals surface area contributed by atoms with Crippen LogP contribution in [-0.4, -0.2) is 11.6 Å². The van der Waals surface area contributed by atoms with Crippen LogP contribution in [0, 0.1) is 17.6 Å². The third-order valence-electron chi connectivity index (χ3n) is 2.50. The van der Waals surface area contributed by atoms with E-state index < -0.39 is 11.6 Å². The number of nitrogens with one attached hydrogen (secondary N) is 1. The molecule has 16 heavy (non-hydrogen) atoms. The first-order chi connectivity index (χ1) is 7.70. The lowest BCUT2D eigenvalue weighted by atomic mass is 10.3. The molecule has 1 aromatic rings. The number of anilines is 1. The van der Waals surface area contributed by atoms with Crippen LogP contribution in [0.4, 0.5) is 14.6 Å². The molecule has 1 aliphatic rings. The Kier molecular flexibility index (Phi) is 3.19. The predicted molar refractivity (Wildman–Crippen MR) is 54.8 cm³/mol. The van der Waals surface area contributed by atoms with Crippen molar-refractivity contribution in [3.05, 3.63) is 17.7 Å². The van der Waals surface area contributed by atoms with Gasteiger partial charge in [-0.15, -0.1) is 0 Å². The molecule has 4 nitrogen and oxygen atoms in total. The number of nitrogens with zero attached hydrogens (tertiary/aromatic N) is 1. The van der Waals surface area contributed by atoms with Crippen LogP contribution in [0.3, 0.4) is 0 Å². The standard InChI is InChI=1S/C10H13F2N3O/c11-7-5-8(12)10(14-9(7)15-13)16-4-3-6-1-2-6/h5-6H,1-4,13H2,(H,14,15). The number of hydrazine groups is 1. The van der Waals surface area contributed by atoms with Gasteiger partial charge in [0, 0.05) is 6.07 Å². The molecule has 0 saturated heterocycles. The largest absolute Gasteiger partial charge is 0.476 e. The highest BCUT2D eigenvalue weighted by atomic mass is 19.1. The number of hydrogen-bond donors (Lipinski definition) is 2. The van der Waals surface area contributed by atoms with Gasteiger partial charge in [-0.1, -0.05) is 12.8 Å². The van der Waals surface area contributed by atoms with Gasteiger partial charge in [0.2, 0.25) is 0 Å². The number of ether oxygens (including phenoxy) is 1. The fourth-order valence-corrected chi connectivity index (χ4v) is 1.38. The summed E-state index contributed by atoms with van der Waals surface area (Å²) in [5.74, 6) is 3.63. The van der Waals surface area contributed by atoms with Gasteiger partial charge in [-0.3, -0.25) is 0 Å². The van der Waals surface area contributed by atoms with Gasteiger partial charge in [0.1, 0.15) is 0 Å². The van der Waals surface area contributed by atoms with Gasteiger partial charge in [-0.2, -0.15) is 4.98 Å². The van der Waals surface area contributed by atoms with E-state index in [1.165, 1.54) is 12.8 Å². The van der Waals surface area contributed by atoms with Crippen LogP contribution in [0.2, 0.25) is 0 Å². The number of rotatable bonds is 5. The maximum absolute atomic E-state index is 13.2. The lowest BCUT2D eigenvalue weighted by Gasteiger charge is -2.08. The molecule has 0 radical (unpaired) electrons. The molecule has 1 aliphatic carbocycles. The third kappa shape index (κ3) is 2.57. The minimum atomic E-state index is -0.838. The monoisotopic (exact) mass is 229 g/mol. The van der Waals surface area contributed by atoms with Crippen LogP contribution in [0.25, 0.3) is 0 Å². The summed E-state index contributed by atoms with van der Waals surface area (Å²) in [6.07, 6.45) is 3.29. The van der Waals surface area contributed by atoms with Gasteiger partial charge >= 0.3 is 0 Å². The van der Waals surface area contributed by atoms with Gasteiger partial charge in [-0.25, -0.2) is 14.6 Å². The van der Waals surface area contributed by atoms with Crippen LogP contribution in [0.15, 0.2) is 6.07 Å². The average molecular weight is 229 g/mol. The van der Waals surface area contributed by atoms with Gasteiger partial charge in [0.15, 0.2) is 17.5 Å². The van der Waals surface area contributed by atoms with Crippen LogP contribution in [-0.2, 0) is 0 Å². The fourth-order valence-electron chi connectivity index (χ4n) is 1.38. The second-order valence-electron chi connectivity index (χ2n) is 3.83. The Balaban J connectivity index is 2.00. The zero-order chi connectivity index (χ0) is 11.5. The predicted octanol–water partition coefficient (Wildman–Crippen LogP) is 1.82. The number of aromatic nitrogens is 1. The molecule has 1 aromatic heterocycles. The molecular formula is C10H13F2N3O. The summed E-state index contributed by atoms with van der Waals surface area (Å²) < 4.78 is 31.3. The Bertz CT molecular complexity index is 383. The average Bonchev–Trinajstić information content (AvgIpc) is 3.05. The van der Waals surface area contributed by atoms with E-state index in [1.54, 1.807) is 0 Å². The molecular weight excluding hydrogens is 216 g/mol. The van der Waals surface area contributed by atoms with Gasteiger partial charge < -0.3 is 10.2 Å². The van der Waals surface area contributed by atoms with E-state index in [1.807, 2.05) is 5.43 Å². The highest BCUT2D eigenvalue weighted by Crippen LogP contribution is 2.32. The van der Waals surface area contributed by atoms with E-state index >= 15 is 0 Å². The van der Waals surface area contributed by atoms with Crippen molar-refractivity contribution in [2.24, 2.45) is 11.8 Å². The SMILES string of the molecule is NNc1nc(OCCC2CC2)c(F)cc1F. The van der Waals surface area contributed by atoms with E-state index in [4.69, 9.17) is 10.6 Å². The molecule has 1 saturated carbocycles. The van der Waals surface area contributed by atoms with Gasteiger partial charge in [0.25, 0.3) is 5.88 Å². The molecule has 0 bridgehead atoms. The summed E-state index contributed by atoms with van der Waals surface area (Å²) in [4.78, 5) is 3.60. The van der Waals surface area contributed by atoms with E-state index in [-0.39, 0.29) is 11.7 Å². The second kappa shape index (κ2) is 4.61. The summed E-state index contributed by atoms with van der Waals surface area (Å²) in [6, 6.07) is 0.703. The van der Waals surface area contributed by atoms with Crippen molar-refractivity contribution in [1.29, 1.82) is 0 Å². The Hall–Kier alpha value is -1.43. The van der Waals surface area contributed by atoms with Crippen molar-refractivity contribution < 1.29 is 13.5 Å². The summed E-state index contributed by atoms with van der Waals surface area (Å²) >= 11 is 0. The van der Waals surface area contributed by atoms with E-state index in [9.17, 15) is 8.78 Å². The highest BCUT2D eigenvalue weighted by molar-refractivity contribution is 5.38. The number of nitrogen functional groups attached to an aromatic ring is 1. The molecule has 2 rings (SSSR count). The van der Waals surface area contributed by atoms with Crippen LogP contribution in [0.5, 0.6) is 5.88 Å². The Morgan fingerprint density at radius 3 is 2.81 bits per heavy atom. The molecule has 0 atom stereocenters. The molecule has 1 heterocycles. The first-order valence-electron chi connectivity index (χ1n) is 5.16. The third-order valence-corrected chi connectivity index (χ3v) is 2.50. The molecule has 0 aliphatic heterocycles. The van der Waals surface area contributed by atoms with Crippen molar-refractivity contribution in [2.45, 2.75) is 19.3 Å². The minimum absolute atomic E-state index is 0.213. The molecule has 6 heteroatoms. The Labute approximate surface area is 91.8 Å².